The van der Waals surface area contributed by atoms with Crippen LogP contribution in [0.15, 0.2) is 42.5 Å². The average Bonchev–Trinajstić information content (AvgIpc) is 2.63. The Kier molecular flexibility index (Phi) is 7.21. The van der Waals surface area contributed by atoms with Gasteiger partial charge >= 0.3 is 12.1 Å². The Balaban J connectivity index is 2.01. The molecular weight excluding hydrogens is 384 g/mol. The maximum Gasteiger partial charge on any atom is 0.412 e. The molecule has 2 rings (SSSR count). The zero-order valence-corrected chi connectivity index (χ0v) is 18.2. The molecule has 0 heterocycles. The summed E-state index contributed by atoms with van der Waals surface area (Å²) in [5.41, 5.74) is 2.49. The standard InChI is InChI=1S/C23H28N2O5/c1-14-9-7-10-15(2)19(14)25-20(26)16(3)29-21(27)17-11-8-12-18(13-17)24-22(28)30-23(4,5)6/h7-13,16H,1-6H3,(H,24,28)(H,25,26)/t16-/m0/s1. The number of para-hydroxylation sites is 1. The van der Waals surface area contributed by atoms with Crippen molar-refractivity contribution in [2.24, 2.45) is 0 Å². The number of anilines is 2. The van der Waals surface area contributed by atoms with Crippen LogP contribution in [0.4, 0.5) is 16.2 Å². The van der Waals surface area contributed by atoms with Crippen LogP contribution in [0.25, 0.3) is 0 Å². The number of ether oxygens (including phenoxy) is 2. The highest BCUT2D eigenvalue weighted by atomic mass is 16.6. The van der Waals surface area contributed by atoms with Crippen LogP contribution in [-0.2, 0) is 14.3 Å². The molecule has 0 aliphatic rings. The molecule has 0 saturated heterocycles. The first-order valence-corrected chi connectivity index (χ1v) is 9.64. The third-order valence-electron chi connectivity index (χ3n) is 4.13. The van der Waals surface area contributed by atoms with Gasteiger partial charge in [0.1, 0.15) is 5.60 Å². The van der Waals surface area contributed by atoms with Gasteiger partial charge in [0.25, 0.3) is 5.91 Å². The second kappa shape index (κ2) is 9.43. The third kappa shape index (κ3) is 6.62. The highest BCUT2D eigenvalue weighted by Crippen LogP contribution is 2.20. The molecule has 0 unspecified atom stereocenters. The van der Waals surface area contributed by atoms with E-state index in [9.17, 15) is 14.4 Å². The van der Waals surface area contributed by atoms with Crippen LogP contribution >= 0.6 is 0 Å². The lowest BCUT2D eigenvalue weighted by Gasteiger charge is -2.20. The molecule has 0 bridgehead atoms. The summed E-state index contributed by atoms with van der Waals surface area (Å²) in [4.78, 5) is 36.8. The number of rotatable bonds is 5. The molecule has 0 saturated carbocycles. The van der Waals surface area contributed by atoms with Crippen LogP contribution in [0.3, 0.4) is 0 Å². The fraction of sp³-hybridized carbons (Fsp3) is 0.348. The van der Waals surface area contributed by atoms with Gasteiger partial charge in [-0.1, -0.05) is 24.3 Å². The highest BCUT2D eigenvalue weighted by Gasteiger charge is 2.21. The van der Waals surface area contributed by atoms with E-state index >= 15 is 0 Å². The van der Waals surface area contributed by atoms with Gasteiger partial charge in [-0.15, -0.1) is 0 Å². The molecule has 0 radical (unpaired) electrons. The van der Waals surface area contributed by atoms with E-state index in [0.717, 1.165) is 11.1 Å². The van der Waals surface area contributed by atoms with Gasteiger partial charge in [-0.25, -0.2) is 9.59 Å². The predicted molar refractivity (Wildman–Crippen MR) is 116 cm³/mol. The van der Waals surface area contributed by atoms with E-state index in [2.05, 4.69) is 10.6 Å². The van der Waals surface area contributed by atoms with Gasteiger partial charge in [-0.3, -0.25) is 10.1 Å². The van der Waals surface area contributed by atoms with Gasteiger partial charge in [0.15, 0.2) is 6.10 Å². The molecule has 0 aromatic heterocycles. The number of hydrogen-bond acceptors (Lipinski definition) is 5. The Morgan fingerprint density at radius 3 is 2.13 bits per heavy atom. The first-order valence-electron chi connectivity index (χ1n) is 9.64. The molecule has 7 heteroatoms. The molecule has 0 fully saturated rings. The number of carbonyl (C=O) groups is 3. The lowest BCUT2D eigenvalue weighted by atomic mass is 10.1. The van der Waals surface area contributed by atoms with Crippen molar-refractivity contribution in [3.8, 4) is 0 Å². The van der Waals surface area contributed by atoms with E-state index in [1.54, 1.807) is 39.0 Å². The Morgan fingerprint density at radius 1 is 0.933 bits per heavy atom. The molecule has 30 heavy (non-hydrogen) atoms. The molecular formula is C23H28N2O5. The summed E-state index contributed by atoms with van der Waals surface area (Å²) < 4.78 is 10.5. The van der Waals surface area contributed by atoms with Crippen LogP contribution in [0.1, 0.15) is 49.2 Å². The number of amides is 2. The topological polar surface area (TPSA) is 93.7 Å². The van der Waals surface area contributed by atoms with Crippen LogP contribution in [0.5, 0.6) is 0 Å². The van der Waals surface area contributed by atoms with Crippen molar-refractivity contribution in [2.75, 3.05) is 10.6 Å². The fourth-order valence-electron chi connectivity index (χ4n) is 2.66. The molecule has 0 spiro atoms. The minimum absolute atomic E-state index is 0.204. The average molecular weight is 412 g/mol. The van der Waals surface area contributed by atoms with Crippen molar-refractivity contribution in [3.05, 3.63) is 59.2 Å². The van der Waals surface area contributed by atoms with E-state index in [-0.39, 0.29) is 5.56 Å². The zero-order chi connectivity index (χ0) is 22.5. The molecule has 2 N–H and O–H groups in total. The summed E-state index contributed by atoms with van der Waals surface area (Å²) in [6.45, 7) is 10.6. The maximum absolute atomic E-state index is 12.5. The quantitative estimate of drug-likeness (QED) is 0.686. The Hall–Kier alpha value is -3.35. The van der Waals surface area contributed by atoms with Gasteiger partial charge in [-0.2, -0.15) is 0 Å². The van der Waals surface area contributed by atoms with E-state index in [4.69, 9.17) is 9.47 Å². The van der Waals surface area contributed by atoms with Gasteiger partial charge in [0.2, 0.25) is 0 Å². The minimum Gasteiger partial charge on any atom is -0.449 e. The SMILES string of the molecule is Cc1cccc(C)c1NC(=O)[C@H](C)OC(=O)c1cccc(NC(=O)OC(C)(C)C)c1. The number of aryl methyl sites for hydroxylation is 2. The van der Waals surface area contributed by atoms with Crippen molar-refractivity contribution < 1.29 is 23.9 Å². The minimum atomic E-state index is -1.00. The number of hydrogen-bond donors (Lipinski definition) is 2. The molecule has 1 atom stereocenters. The van der Waals surface area contributed by atoms with Gasteiger partial charge in [0.05, 0.1) is 5.56 Å². The third-order valence-corrected chi connectivity index (χ3v) is 4.13. The van der Waals surface area contributed by atoms with Gasteiger partial charge < -0.3 is 14.8 Å². The van der Waals surface area contributed by atoms with Gasteiger partial charge in [-0.05, 0) is 70.9 Å². The smallest absolute Gasteiger partial charge is 0.412 e. The van der Waals surface area contributed by atoms with Crippen molar-refractivity contribution in [3.63, 3.8) is 0 Å². The predicted octanol–water partition coefficient (Wildman–Crippen LogP) is 4.83. The highest BCUT2D eigenvalue weighted by molar-refractivity contribution is 5.98. The number of nitrogens with one attached hydrogen (secondary N) is 2. The molecule has 2 aromatic rings. The second-order valence-corrected chi connectivity index (χ2v) is 8.01. The lowest BCUT2D eigenvalue weighted by Crippen LogP contribution is -2.30. The Labute approximate surface area is 176 Å². The number of esters is 1. The van der Waals surface area contributed by atoms with Crippen molar-refractivity contribution >= 4 is 29.3 Å². The lowest BCUT2D eigenvalue weighted by molar-refractivity contribution is -0.123. The van der Waals surface area contributed by atoms with Crippen molar-refractivity contribution in [1.29, 1.82) is 0 Å². The number of carbonyl (C=O) groups excluding carboxylic acids is 3. The Bertz CT molecular complexity index is 927. The van der Waals surface area contributed by atoms with Gasteiger partial charge in [0, 0.05) is 11.4 Å². The second-order valence-electron chi connectivity index (χ2n) is 8.01. The van der Waals surface area contributed by atoms with Crippen molar-refractivity contribution in [1.82, 2.24) is 0 Å². The van der Waals surface area contributed by atoms with E-state index < -0.39 is 29.7 Å². The monoisotopic (exact) mass is 412 g/mol. The molecule has 0 aliphatic heterocycles. The molecule has 160 valence electrons. The van der Waals surface area contributed by atoms with Crippen LogP contribution in [-0.4, -0.2) is 29.7 Å². The molecule has 7 nitrogen and oxygen atoms in total. The normalized spacial score (nSPS) is 11.9. The Morgan fingerprint density at radius 2 is 1.53 bits per heavy atom. The van der Waals surface area contributed by atoms with Crippen molar-refractivity contribution in [2.45, 2.75) is 53.2 Å². The summed E-state index contributed by atoms with van der Waals surface area (Å²) in [5.74, 6) is -1.10. The first kappa shape index (κ1) is 22.9. The number of benzene rings is 2. The molecule has 2 amide bonds. The summed E-state index contributed by atoms with van der Waals surface area (Å²) in [7, 11) is 0. The van der Waals surface area contributed by atoms with Crippen LogP contribution in [0, 0.1) is 13.8 Å². The van der Waals surface area contributed by atoms with E-state index in [1.807, 2.05) is 32.0 Å². The first-order chi connectivity index (χ1) is 14.0. The maximum atomic E-state index is 12.5. The largest absolute Gasteiger partial charge is 0.449 e. The fourth-order valence-corrected chi connectivity index (χ4v) is 2.66. The van der Waals surface area contributed by atoms with Crippen LogP contribution < -0.4 is 10.6 Å². The summed E-state index contributed by atoms with van der Waals surface area (Å²) in [6.07, 6.45) is -1.63. The molecule has 2 aromatic carbocycles. The summed E-state index contributed by atoms with van der Waals surface area (Å²) >= 11 is 0. The van der Waals surface area contributed by atoms with E-state index in [0.29, 0.717) is 11.4 Å². The summed E-state index contributed by atoms with van der Waals surface area (Å²) in [5, 5.41) is 5.37. The van der Waals surface area contributed by atoms with Crippen LogP contribution in [0.2, 0.25) is 0 Å². The van der Waals surface area contributed by atoms with E-state index in [1.165, 1.54) is 13.0 Å². The zero-order valence-electron chi connectivity index (χ0n) is 18.2. The summed E-state index contributed by atoms with van der Waals surface area (Å²) in [6, 6.07) is 11.9. The molecule has 0 aliphatic carbocycles.